The van der Waals surface area contributed by atoms with Gasteiger partial charge in [0.1, 0.15) is 12.4 Å². The minimum Gasteiger partial charge on any atom is -0.481 e. The van der Waals surface area contributed by atoms with Gasteiger partial charge in [-0.3, -0.25) is 9.48 Å². The molecule has 2 aromatic carbocycles. The lowest BCUT2D eigenvalue weighted by Gasteiger charge is -2.23. The molecule has 0 aliphatic carbocycles. The van der Waals surface area contributed by atoms with Gasteiger partial charge in [0.25, 0.3) is 0 Å². The van der Waals surface area contributed by atoms with Gasteiger partial charge in [0.05, 0.1) is 6.54 Å². The second-order valence-electron chi connectivity index (χ2n) is 6.45. The number of terminal acetylenes is 1. The van der Waals surface area contributed by atoms with Crippen molar-refractivity contribution in [2.75, 3.05) is 11.9 Å². The third-order valence-corrected chi connectivity index (χ3v) is 4.61. The van der Waals surface area contributed by atoms with Crippen LogP contribution in [0.5, 0.6) is 5.75 Å². The molecule has 4 rings (SSSR count). The number of nitrogens with one attached hydrogen (secondary N) is 1. The molecule has 0 bridgehead atoms. The van der Waals surface area contributed by atoms with Crippen LogP contribution in [0.2, 0.25) is 0 Å². The number of aromatic nitrogens is 2. The molecule has 0 saturated carbocycles. The Morgan fingerprint density at radius 2 is 1.93 bits per heavy atom. The van der Waals surface area contributed by atoms with Crippen LogP contribution in [0.25, 0.3) is 0 Å². The summed E-state index contributed by atoms with van der Waals surface area (Å²) in [7, 11) is 0. The highest BCUT2D eigenvalue weighted by molar-refractivity contribution is 5.94. The van der Waals surface area contributed by atoms with E-state index in [1.807, 2.05) is 53.3 Å². The van der Waals surface area contributed by atoms with Crippen molar-refractivity contribution < 1.29 is 9.53 Å². The maximum absolute atomic E-state index is 12.3. The Labute approximate surface area is 158 Å². The van der Waals surface area contributed by atoms with Crippen molar-refractivity contribution in [3.8, 4) is 18.1 Å². The van der Waals surface area contributed by atoms with E-state index in [1.165, 1.54) is 0 Å². The van der Waals surface area contributed by atoms with E-state index in [0.29, 0.717) is 24.5 Å². The number of ether oxygens (including phenoxy) is 1. The molecule has 0 radical (unpaired) electrons. The zero-order valence-electron chi connectivity index (χ0n) is 14.8. The third-order valence-electron chi connectivity index (χ3n) is 4.61. The van der Waals surface area contributed by atoms with E-state index < -0.39 is 0 Å². The van der Waals surface area contributed by atoms with E-state index in [4.69, 9.17) is 11.2 Å². The van der Waals surface area contributed by atoms with Gasteiger partial charge < -0.3 is 10.1 Å². The minimum atomic E-state index is -0.118. The van der Waals surface area contributed by atoms with Crippen molar-refractivity contribution in [1.29, 1.82) is 0 Å². The molecule has 1 aliphatic heterocycles. The molecule has 1 aliphatic rings. The summed E-state index contributed by atoms with van der Waals surface area (Å²) in [6.45, 7) is 0.835. The molecule has 0 unspecified atom stereocenters. The molecular formula is C22H19N3O2. The summed E-state index contributed by atoms with van der Waals surface area (Å²) < 4.78 is 7.56. The third kappa shape index (κ3) is 3.56. The molecule has 0 saturated heterocycles. The lowest BCUT2D eigenvalue weighted by Crippen LogP contribution is -2.23. The molecule has 2 heterocycles. The van der Waals surface area contributed by atoms with Gasteiger partial charge in [0.2, 0.25) is 5.91 Å². The van der Waals surface area contributed by atoms with Crippen molar-refractivity contribution in [2.24, 2.45) is 0 Å². The van der Waals surface area contributed by atoms with Crippen LogP contribution in [-0.2, 0) is 11.3 Å². The number of rotatable bonds is 5. The Morgan fingerprint density at radius 1 is 1.15 bits per heavy atom. The van der Waals surface area contributed by atoms with Crippen molar-refractivity contribution in [2.45, 2.75) is 18.9 Å². The highest BCUT2D eigenvalue weighted by Crippen LogP contribution is 2.40. The molecule has 0 spiro atoms. The zero-order chi connectivity index (χ0) is 18.6. The SMILES string of the molecule is C#CCOc1ccccc1[C@@H]1CC(=O)Nc2nn(Cc3ccccc3)cc21. The highest BCUT2D eigenvalue weighted by Gasteiger charge is 2.31. The molecular weight excluding hydrogens is 338 g/mol. The first kappa shape index (κ1) is 16.9. The summed E-state index contributed by atoms with van der Waals surface area (Å²) in [4.78, 5) is 12.3. The predicted octanol–water partition coefficient (Wildman–Crippen LogP) is 3.42. The van der Waals surface area contributed by atoms with E-state index in [-0.39, 0.29) is 18.4 Å². The van der Waals surface area contributed by atoms with E-state index in [9.17, 15) is 4.79 Å². The van der Waals surface area contributed by atoms with Crippen molar-refractivity contribution in [3.05, 3.63) is 77.5 Å². The van der Waals surface area contributed by atoms with Crippen LogP contribution in [0.15, 0.2) is 60.8 Å². The average molecular weight is 357 g/mol. The Morgan fingerprint density at radius 3 is 2.74 bits per heavy atom. The van der Waals surface area contributed by atoms with Crippen LogP contribution in [0.3, 0.4) is 0 Å². The minimum absolute atomic E-state index is 0.0517. The fourth-order valence-electron chi connectivity index (χ4n) is 3.42. The van der Waals surface area contributed by atoms with E-state index in [0.717, 1.165) is 16.7 Å². The quantitative estimate of drug-likeness (QED) is 0.712. The largest absolute Gasteiger partial charge is 0.481 e. The maximum Gasteiger partial charge on any atom is 0.226 e. The fourth-order valence-corrected chi connectivity index (χ4v) is 3.42. The number of carbonyl (C=O) groups is 1. The van der Waals surface area contributed by atoms with Crippen LogP contribution in [0.1, 0.15) is 29.0 Å². The van der Waals surface area contributed by atoms with Crippen LogP contribution in [0.4, 0.5) is 5.82 Å². The topological polar surface area (TPSA) is 56.1 Å². The van der Waals surface area contributed by atoms with Gasteiger partial charge in [-0.2, -0.15) is 5.10 Å². The number of hydrogen-bond acceptors (Lipinski definition) is 3. The number of para-hydroxylation sites is 1. The van der Waals surface area contributed by atoms with E-state index in [2.05, 4.69) is 28.5 Å². The lowest BCUT2D eigenvalue weighted by molar-refractivity contribution is -0.116. The molecule has 1 aromatic heterocycles. The summed E-state index contributed by atoms with van der Waals surface area (Å²) >= 11 is 0. The van der Waals surface area contributed by atoms with Gasteiger partial charge in [-0.1, -0.05) is 54.5 Å². The highest BCUT2D eigenvalue weighted by atomic mass is 16.5. The molecule has 5 heteroatoms. The summed E-state index contributed by atoms with van der Waals surface area (Å²) in [6, 6.07) is 17.8. The van der Waals surface area contributed by atoms with Gasteiger partial charge in [0, 0.05) is 29.7 Å². The lowest BCUT2D eigenvalue weighted by atomic mass is 9.87. The van der Waals surface area contributed by atoms with E-state index >= 15 is 0 Å². The van der Waals surface area contributed by atoms with Gasteiger partial charge in [-0.25, -0.2) is 0 Å². The summed E-state index contributed by atoms with van der Waals surface area (Å²) in [5.74, 6) is 3.63. The van der Waals surface area contributed by atoms with Crippen LogP contribution in [-0.4, -0.2) is 22.3 Å². The van der Waals surface area contributed by atoms with Crippen molar-refractivity contribution in [3.63, 3.8) is 0 Å². The summed E-state index contributed by atoms with van der Waals surface area (Å²) in [5, 5.41) is 7.46. The number of fused-ring (bicyclic) bond motifs is 1. The molecule has 27 heavy (non-hydrogen) atoms. The molecule has 134 valence electrons. The van der Waals surface area contributed by atoms with Gasteiger partial charge in [-0.15, -0.1) is 6.42 Å². The Balaban J connectivity index is 1.69. The number of benzene rings is 2. The number of nitrogens with zero attached hydrogens (tertiary/aromatic N) is 2. The summed E-state index contributed by atoms with van der Waals surface area (Å²) in [5.41, 5.74) is 3.09. The average Bonchev–Trinajstić information content (AvgIpc) is 3.08. The van der Waals surface area contributed by atoms with Crippen molar-refractivity contribution in [1.82, 2.24) is 9.78 Å². The second kappa shape index (κ2) is 7.38. The standard InChI is InChI=1S/C22H19N3O2/c1-2-12-27-20-11-7-6-10-17(20)18-13-21(26)23-22-19(18)15-25(24-22)14-16-8-4-3-5-9-16/h1,3-11,15,18H,12-14H2,(H,23,24,26)/t18-/m0/s1. The zero-order valence-corrected chi connectivity index (χ0v) is 14.8. The van der Waals surface area contributed by atoms with Gasteiger partial charge in [0.15, 0.2) is 5.82 Å². The van der Waals surface area contributed by atoms with E-state index in [1.54, 1.807) is 0 Å². The second-order valence-corrected chi connectivity index (χ2v) is 6.45. The number of carbonyl (C=O) groups excluding carboxylic acids is 1. The first-order chi connectivity index (χ1) is 13.2. The first-order valence-electron chi connectivity index (χ1n) is 8.81. The molecule has 1 amide bonds. The van der Waals surface area contributed by atoms with Gasteiger partial charge >= 0.3 is 0 Å². The molecule has 1 N–H and O–H groups in total. The summed E-state index contributed by atoms with van der Waals surface area (Å²) in [6.07, 6.45) is 7.68. The van der Waals surface area contributed by atoms with Crippen LogP contribution >= 0.6 is 0 Å². The molecule has 0 fully saturated rings. The Bertz CT molecular complexity index is 1000. The van der Waals surface area contributed by atoms with Crippen molar-refractivity contribution >= 4 is 11.7 Å². The predicted molar refractivity (Wildman–Crippen MR) is 104 cm³/mol. The van der Waals surface area contributed by atoms with Crippen LogP contribution in [0, 0.1) is 12.3 Å². The Kier molecular flexibility index (Phi) is 4.63. The normalized spacial score (nSPS) is 15.5. The molecule has 3 aromatic rings. The number of hydrogen-bond donors (Lipinski definition) is 1. The monoisotopic (exact) mass is 357 g/mol. The Hall–Kier alpha value is -3.52. The fraction of sp³-hybridized carbons (Fsp3) is 0.182. The smallest absolute Gasteiger partial charge is 0.226 e. The van der Waals surface area contributed by atoms with Crippen LogP contribution < -0.4 is 10.1 Å². The maximum atomic E-state index is 12.3. The van der Waals surface area contributed by atoms with Gasteiger partial charge in [-0.05, 0) is 11.6 Å². The first-order valence-corrected chi connectivity index (χ1v) is 8.81. The number of amides is 1. The molecule has 5 nitrogen and oxygen atoms in total. The molecule has 1 atom stereocenters. The number of anilines is 1.